The molecule has 4 aromatic rings. The van der Waals surface area contributed by atoms with Crippen LogP contribution in [-0.4, -0.2) is 76.7 Å². The number of rotatable bonds is 12. The van der Waals surface area contributed by atoms with Gasteiger partial charge in [0, 0.05) is 56.0 Å². The molecule has 2 saturated heterocycles. The Morgan fingerprint density at radius 3 is 2.38 bits per heavy atom. The van der Waals surface area contributed by atoms with E-state index in [1.54, 1.807) is 6.20 Å². The predicted molar refractivity (Wildman–Crippen MR) is 193 cm³/mol. The van der Waals surface area contributed by atoms with Gasteiger partial charge in [-0.15, -0.1) is 0 Å². The van der Waals surface area contributed by atoms with Crippen molar-refractivity contribution in [3.05, 3.63) is 125 Å². The van der Waals surface area contributed by atoms with Gasteiger partial charge in [-0.1, -0.05) is 85.8 Å². The van der Waals surface area contributed by atoms with Crippen LogP contribution in [0.25, 0.3) is 11.1 Å². The third-order valence-corrected chi connectivity index (χ3v) is 10.1. The molecule has 12 heteroatoms. The van der Waals surface area contributed by atoms with Crippen LogP contribution in [0.15, 0.2) is 97.2 Å². The summed E-state index contributed by atoms with van der Waals surface area (Å²) in [6, 6.07) is 27.9. The van der Waals surface area contributed by atoms with Gasteiger partial charge in [-0.2, -0.15) is 13.2 Å². The monoisotopic (exact) mass is 730 g/mol. The second kappa shape index (κ2) is 17.0. The van der Waals surface area contributed by atoms with E-state index in [4.69, 9.17) is 9.47 Å². The highest BCUT2D eigenvalue weighted by Crippen LogP contribution is 2.42. The van der Waals surface area contributed by atoms with E-state index in [0.29, 0.717) is 17.9 Å². The zero-order valence-electron chi connectivity index (χ0n) is 29.8. The molecule has 0 bridgehead atoms. The number of amides is 2. The molecule has 2 fully saturated rings. The van der Waals surface area contributed by atoms with Gasteiger partial charge in [-0.05, 0) is 59.8 Å². The number of benzene rings is 3. The smallest absolute Gasteiger partial charge is 0.392 e. The summed E-state index contributed by atoms with van der Waals surface area (Å²) in [7, 11) is 2.08. The lowest BCUT2D eigenvalue weighted by Gasteiger charge is -2.42. The molecule has 0 aliphatic carbocycles. The van der Waals surface area contributed by atoms with Gasteiger partial charge in [0.25, 0.3) is 0 Å². The second-order valence-corrected chi connectivity index (χ2v) is 13.8. The summed E-state index contributed by atoms with van der Waals surface area (Å²) >= 11 is 0. The highest BCUT2D eigenvalue weighted by Gasteiger charge is 2.47. The minimum atomic E-state index is -5.03. The van der Waals surface area contributed by atoms with E-state index < -0.39 is 30.3 Å². The van der Waals surface area contributed by atoms with Crippen molar-refractivity contribution in [2.24, 2.45) is 5.92 Å². The molecule has 6 rings (SSSR count). The van der Waals surface area contributed by atoms with Gasteiger partial charge >= 0.3 is 12.1 Å². The first-order valence-electron chi connectivity index (χ1n) is 17.9. The van der Waals surface area contributed by atoms with Crippen molar-refractivity contribution < 1.29 is 37.3 Å². The van der Waals surface area contributed by atoms with Gasteiger partial charge in [-0.25, -0.2) is 0 Å². The van der Waals surface area contributed by atoms with Gasteiger partial charge in [0.15, 0.2) is 6.29 Å². The minimum Gasteiger partial charge on any atom is -0.392 e. The Morgan fingerprint density at radius 1 is 0.962 bits per heavy atom. The molecule has 3 heterocycles. The van der Waals surface area contributed by atoms with Gasteiger partial charge in [0.05, 0.1) is 18.8 Å². The van der Waals surface area contributed by atoms with Gasteiger partial charge in [0.2, 0.25) is 5.91 Å². The first-order chi connectivity index (χ1) is 25.5. The number of alkyl halides is 3. The fraction of sp³-hybridized carbons (Fsp3) is 0.390. The minimum absolute atomic E-state index is 0.0211. The molecule has 2 aliphatic rings. The summed E-state index contributed by atoms with van der Waals surface area (Å²) in [6.45, 7) is 3.56. The molecule has 0 unspecified atom stereocenters. The Hall–Kier alpha value is -4.62. The lowest BCUT2D eigenvalue weighted by Crippen LogP contribution is -2.50. The van der Waals surface area contributed by atoms with Crippen LogP contribution >= 0.6 is 0 Å². The quantitative estimate of drug-likeness (QED) is 0.175. The Kier molecular flexibility index (Phi) is 12.2. The highest BCUT2D eigenvalue weighted by atomic mass is 19.4. The number of aromatic nitrogens is 1. The maximum Gasteiger partial charge on any atom is 0.471 e. The number of aliphatic hydroxyl groups excluding tert-OH is 1. The highest BCUT2D eigenvalue weighted by molar-refractivity contribution is 5.90. The number of pyridine rings is 1. The number of aliphatic hydroxyl groups is 1. The molecule has 280 valence electrons. The molecule has 2 amide bonds. The normalized spacial score (nSPS) is 21.9. The van der Waals surface area contributed by atoms with Crippen LogP contribution < -0.4 is 5.32 Å². The molecule has 1 aromatic heterocycles. The number of likely N-dealkylation sites (N-methyl/N-ethyl adjacent to an activating group) is 1. The van der Waals surface area contributed by atoms with Crippen LogP contribution in [0.3, 0.4) is 0 Å². The number of likely N-dealkylation sites (tertiary alicyclic amines) is 1. The zero-order valence-corrected chi connectivity index (χ0v) is 29.8. The Labute approximate surface area is 307 Å². The Balaban J connectivity index is 1.16. The SMILES string of the molecule is C[C@@H]1[C@H](CN(C)CCc2ccccn2)O[C@H](c2ccc(-c3ccccc3CNC(=O)[C@@H]3CCCN3C(=O)C(F)(F)F)cc2)O[C@@H]1c1ccc(CO)cc1. The molecule has 53 heavy (non-hydrogen) atoms. The van der Waals surface area contributed by atoms with Crippen molar-refractivity contribution in [3.63, 3.8) is 0 Å². The van der Waals surface area contributed by atoms with Crippen molar-refractivity contribution in [1.82, 2.24) is 20.1 Å². The predicted octanol–water partition coefficient (Wildman–Crippen LogP) is 6.38. The average Bonchev–Trinajstić information content (AvgIpc) is 3.67. The van der Waals surface area contributed by atoms with E-state index in [-0.39, 0.29) is 44.2 Å². The van der Waals surface area contributed by atoms with Crippen LogP contribution in [-0.2, 0) is 38.6 Å². The number of nitrogens with one attached hydrogen (secondary N) is 1. The van der Waals surface area contributed by atoms with E-state index in [2.05, 4.69) is 29.2 Å². The summed E-state index contributed by atoms with van der Waals surface area (Å²) in [5, 5.41) is 12.4. The van der Waals surface area contributed by atoms with E-state index in [1.807, 2.05) is 91.0 Å². The molecule has 0 spiro atoms. The number of halogens is 3. The maximum absolute atomic E-state index is 13.1. The Morgan fingerprint density at radius 2 is 1.68 bits per heavy atom. The number of carbonyl (C=O) groups excluding carboxylic acids is 2. The first kappa shape index (κ1) is 38.1. The van der Waals surface area contributed by atoms with Gasteiger partial charge in [-0.3, -0.25) is 14.6 Å². The molecule has 0 saturated carbocycles. The summed E-state index contributed by atoms with van der Waals surface area (Å²) in [4.78, 5) is 32.2. The molecular weight excluding hydrogens is 685 g/mol. The number of hydrogen-bond acceptors (Lipinski definition) is 7. The molecule has 5 atom stereocenters. The zero-order chi connectivity index (χ0) is 37.5. The van der Waals surface area contributed by atoms with E-state index >= 15 is 0 Å². The molecule has 2 N–H and O–H groups in total. The van der Waals surface area contributed by atoms with Crippen LogP contribution in [0, 0.1) is 5.92 Å². The second-order valence-electron chi connectivity index (χ2n) is 13.8. The third kappa shape index (κ3) is 9.31. The molecular formula is C41H45F3N4O5. The van der Waals surface area contributed by atoms with Crippen LogP contribution in [0.5, 0.6) is 0 Å². The number of carbonyl (C=O) groups is 2. The number of hydrogen-bond donors (Lipinski definition) is 2. The van der Waals surface area contributed by atoms with Crippen LogP contribution in [0.2, 0.25) is 0 Å². The fourth-order valence-electron chi connectivity index (χ4n) is 7.10. The summed E-state index contributed by atoms with van der Waals surface area (Å²) in [5.41, 5.74) is 6.19. The van der Waals surface area contributed by atoms with Crippen molar-refractivity contribution in [3.8, 4) is 11.1 Å². The van der Waals surface area contributed by atoms with Crippen molar-refractivity contribution >= 4 is 11.8 Å². The molecule has 0 radical (unpaired) electrons. The van der Waals surface area contributed by atoms with Gasteiger partial charge in [0.1, 0.15) is 6.04 Å². The molecule has 2 aliphatic heterocycles. The van der Waals surface area contributed by atoms with Crippen LogP contribution in [0.1, 0.15) is 60.1 Å². The summed E-state index contributed by atoms with van der Waals surface area (Å²) < 4.78 is 52.7. The van der Waals surface area contributed by atoms with Crippen molar-refractivity contribution in [1.29, 1.82) is 0 Å². The van der Waals surface area contributed by atoms with E-state index in [0.717, 1.165) is 52.0 Å². The largest absolute Gasteiger partial charge is 0.471 e. The van der Waals surface area contributed by atoms with E-state index in [1.165, 1.54) is 0 Å². The first-order valence-corrected chi connectivity index (χ1v) is 17.9. The summed E-state index contributed by atoms with van der Waals surface area (Å²) in [6.07, 6.45) is -2.98. The van der Waals surface area contributed by atoms with Crippen molar-refractivity contribution in [2.75, 3.05) is 26.7 Å². The topological polar surface area (TPSA) is 104 Å². The van der Waals surface area contributed by atoms with E-state index in [9.17, 15) is 27.9 Å². The Bertz CT molecular complexity index is 1820. The number of ether oxygens (including phenoxy) is 2. The standard InChI is InChI=1S/C41H45F3N4O5/c1-27-36(25-47(2)23-20-33-9-5-6-21-45-33)52-39(53-37(27)30-14-12-28(26-49)13-15-30)31-18-16-29(17-19-31)34-10-4-3-8-32(34)24-46-38(50)35-11-7-22-48(35)40(51)41(42,43)44/h3-6,8-10,12-19,21,27,35-37,39,49H,7,11,20,22-26H2,1-2H3,(H,46,50)/t27-,35+,36+,37+,39+/m1/s1. The maximum atomic E-state index is 13.1. The van der Waals surface area contributed by atoms with Gasteiger partial charge < -0.3 is 29.7 Å². The number of nitrogens with zero attached hydrogens (tertiary/aromatic N) is 3. The third-order valence-electron chi connectivity index (χ3n) is 10.1. The lowest BCUT2D eigenvalue weighted by molar-refractivity contribution is -0.275. The lowest BCUT2D eigenvalue weighted by atomic mass is 9.90. The molecule has 9 nitrogen and oxygen atoms in total. The fourth-order valence-corrected chi connectivity index (χ4v) is 7.10. The summed E-state index contributed by atoms with van der Waals surface area (Å²) in [5.74, 6) is -2.57. The average molecular weight is 731 g/mol. The van der Waals surface area contributed by atoms with Crippen LogP contribution in [0.4, 0.5) is 13.2 Å². The molecule has 3 aromatic carbocycles. The van der Waals surface area contributed by atoms with Crippen molar-refractivity contribution in [2.45, 2.75) is 70.1 Å².